The fraction of sp³-hybridized carbons (Fsp3) is 0.444. The fourth-order valence-electron chi connectivity index (χ4n) is 4.03. The number of para-hydroxylation sites is 2. The van der Waals surface area contributed by atoms with Crippen LogP contribution >= 0.6 is 0 Å². The van der Waals surface area contributed by atoms with Crippen LogP contribution in [0.2, 0.25) is 0 Å². The number of nitrogens with one attached hydrogen (secondary N) is 2. The normalized spacial score (nSPS) is 12.7. The predicted molar refractivity (Wildman–Crippen MR) is 135 cm³/mol. The monoisotopic (exact) mass is 464 g/mol. The lowest BCUT2D eigenvalue weighted by Crippen LogP contribution is -2.33. The molecule has 0 spiro atoms. The van der Waals surface area contributed by atoms with Gasteiger partial charge in [-0.3, -0.25) is 4.79 Å². The van der Waals surface area contributed by atoms with Gasteiger partial charge in [-0.1, -0.05) is 24.3 Å². The van der Waals surface area contributed by atoms with Gasteiger partial charge in [0.05, 0.1) is 28.2 Å². The first-order valence-corrected chi connectivity index (χ1v) is 11.9. The van der Waals surface area contributed by atoms with Gasteiger partial charge in [0.15, 0.2) is 0 Å². The van der Waals surface area contributed by atoms with Gasteiger partial charge >= 0.3 is 5.97 Å². The van der Waals surface area contributed by atoms with Gasteiger partial charge in [-0.15, -0.1) is 0 Å². The van der Waals surface area contributed by atoms with Crippen molar-refractivity contribution in [2.75, 3.05) is 13.6 Å². The number of amides is 1. The van der Waals surface area contributed by atoms with Gasteiger partial charge < -0.3 is 19.9 Å². The quantitative estimate of drug-likeness (QED) is 0.342. The maximum atomic E-state index is 13.5. The van der Waals surface area contributed by atoms with Crippen LogP contribution in [0.4, 0.5) is 0 Å². The Kier molecular flexibility index (Phi) is 8.10. The van der Waals surface area contributed by atoms with E-state index in [1.807, 2.05) is 46.0 Å². The molecule has 7 heteroatoms. The summed E-state index contributed by atoms with van der Waals surface area (Å²) in [5.74, 6) is -0.0203. The molecule has 2 aromatic carbocycles. The summed E-state index contributed by atoms with van der Waals surface area (Å²) in [7, 11) is 1.91. The van der Waals surface area contributed by atoms with Crippen molar-refractivity contribution in [1.82, 2.24) is 20.2 Å². The zero-order chi connectivity index (χ0) is 24.9. The first kappa shape index (κ1) is 25.4. The number of benzene rings is 2. The number of carbonyl (C=O) groups is 2. The molecule has 2 N–H and O–H groups in total. The Morgan fingerprint density at radius 2 is 1.68 bits per heavy atom. The van der Waals surface area contributed by atoms with Crippen molar-refractivity contribution in [3.63, 3.8) is 0 Å². The minimum atomic E-state index is -0.654. The number of rotatable bonds is 9. The van der Waals surface area contributed by atoms with Crippen LogP contribution < -0.4 is 10.6 Å². The number of carbonyl (C=O) groups excluding carboxylic acids is 2. The molecule has 182 valence electrons. The van der Waals surface area contributed by atoms with Crippen LogP contribution in [-0.2, 0) is 4.74 Å². The van der Waals surface area contributed by atoms with Crippen molar-refractivity contribution in [3.8, 4) is 0 Å². The topological polar surface area (TPSA) is 85.2 Å². The van der Waals surface area contributed by atoms with Crippen molar-refractivity contribution in [2.45, 2.75) is 65.1 Å². The Balaban J connectivity index is 1.98. The average Bonchev–Trinajstić information content (AvgIpc) is 3.17. The largest absolute Gasteiger partial charge is 0.456 e. The second-order valence-electron chi connectivity index (χ2n) is 9.74. The molecule has 34 heavy (non-hydrogen) atoms. The Morgan fingerprint density at radius 3 is 2.32 bits per heavy atom. The molecule has 0 fully saturated rings. The highest BCUT2D eigenvalue weighted by Crippen LogP contribution is 2.28. The molecule has 3 rings (SSSR count). The Morgan fingerprint density at radius 1 is 1.03 bits per heavy atom. The standard InChI is InChI=1S/C27H36N4O3/c1-18(2)31-23-16-10-9-14-21(23)29-24(31)22(15-11-17-28-6)30-25(32)19-12-7-8-13-20(19)26(33)34-27(3,4)5/h7-10,12-14,16,18,22,28H,11,15,17H2,1-6H3,(H,30,32). The summed E-state index contributed by atoms with van der Waals surface area (Å²) in [6.45, 7) is 10.5. The zero-order valence-corrected chi connectivity index (χ0v) is 21.0. The first-order chi connectivity index (χ1) is 16.1. The van der Waals surface area contributed by atoms with Crippen LogP contribution in [0.5, 0.6) is 0 Å². The molecular formula is C27H36N4O3. The molecule has 1 amide bonds. The van der Waals surface area contributed by atoms with E-state index < -0.39 is 11.6 Å². The molecule has 3 aromatic rings. The lowest BCUT2D eigenvalue weighted by atomic mass is 10.0. The molecule has 7 nitrogen and oxygen atoms in total. The lowest BCUT2D eigenvalue weighted by Gasteiger charge is -2.23. The van der Waals surface area contributed by atoms with Crippen LogP contribution in [0.25, 0.3) is 11.0 Å². The predicted octanol–water partition coefficient (Wildman–Crippen LogP) is 5.04. The van der Waals surface area contributed by atoms with Crippen molar-refractivity contribution >= 4 is 22.9 Å². The molecule has 0 aliphatic carbocycles. The van der Waals surface area contributed by atoms with E-state index >= 15 is 0 Å². The maximum absolute atomic E-state index is 13.5. The van der Waals surface area contributed by atoms with E-state index in [2.05, 4.69) is 35.1 Å². The summed E-state index contributed by atoms with van der Waals surface area (Å²) in [5, 5.41) is 6.33. The number of esters is 1. The van der Waals surface area contributed by atoms with E-state index in [9.17, 15) is 9.59 Å². The summed E-state index contributed by atoms with van der Waals surface area (Å²) < 4.78 is 7.71. The minimum Gasteiger partial charge on any atom is -0.456 e. The zero-order valence-electron chi connectivity index (χ0n) is 21.0. The Labute approximate surface area is 201 Å². The van der Waals surface area contributed by atoms with Crippen LogP contribution in [-0.4, -0.2) is 40.6 Å². The van der Waals surface area contributed by atoms with E-state index in [1.165, 1.54) is 0 Å². The average molecular weight is 465 g/mol. The maximum Gasteiger partial charge on any atom is 0.339 e. The Hall–Kier alpha value is -3.19. The number of aromatic nitrogens is 2. The molecule has 0 saturated carbocycles. The van der Waals surface area contributed by atoms with Gasteiger partial charge in [-0.05, 0) is 85.3 Å². The molecule has 0 radical (unpaired) electrons. The van der Waals surface area contributed by atoms with Gasteiger partial charge in [0, 0.05) is 6.04 Å². The van der Waals surface area contributed by atoms with Crippen LogP contribution in [0.1, 0.15) is 86.1 Å². The second kappa shape index (κ2) is 10.8. The van der Waals surface area contributed by atoms with Crippen molar-refractivity contribution in [3.05, 3.63) is 65.5 Å². The summed E-state index contributed by atoms with van der Waals surface area (Å²) in [6.07, 6.45) is 1.56. The summed E-state index contributed by atoms with van der Waals surface area (Å²) >= 11 is 0. The minimum absolute atomic E-state index is 0.167. The van der Waals surface area contributed by atoms with Gasteiger partial charge in [-0.2, -0.15) is 0 Å². The molecule has 1 unspecified atom stereocenters. The number of imidazole rings is 1. The third kappa shape index (κ3) is 6.03. The van der Waals surface area contributed by atoms with Gasteiger partial charge in [0.25, 0.3) is 5.91 Å². The molecule has 0 aliphatic rings. The number of fused-ring (bicyclic) bond motifs is 1. The van der Waals surface area contributed by atoms with Gasteiger partial charge in [-0.25, -0.2) is 9.78 Å². The van der Waals surface area contributed by atoms with Crippen LogP contribution in [0.15, 0.2) is 48.5 Å². The van der Waals surface area contributed by atoms with E-state index in [0.717, 1.165) is 29.8 Å². The van der Waals surface area contributed by atoms with Crippen molar-refractivity contribution < 1.29 is 14.3 Å². The number of hydrogen-bond donors (Lipinski definition) is 2. The fourth-order valence-corrected chi connectivity index (χ4v) is 4.03. The number of nitrogens with zero attached hydrogens (tertiary/aromatic N) is 2. The van der Waals surface area contributed by atoms with E-state index in [1.54, 1.807) is 24.3 Å². The number of ether oxygens (including phenoxy) is 1. The molecule has 0 saturated heterocycles. The Bertz CT molecular complexity index is 1140. The molecule has 1 heterocycles. The van der Waals surface area contributed by atoms with Gasteiger partial charge in [0.1, 0.15) is 11.4 Å². The second-order valence-corrected chi connectivity index (χ2v) is 9.74. The van der Waals surface area contributed by atoms with Crippen LogP contribution in [0, 0.1) is 0 Å². The van der Waals surface area contributed by atoms with Crippen molar-refractivity contribution in [2.24, 2.45) is 0 Å². The molecular weight excluding hydrogens is 428 g/mol. The molecule has 1 atom stereocenters. The third-order valence-electron chi connectivity index (χ3n) is 5.47. The first-order valence-electron chi connectivity index (χ1n) is 11.9. The van der Waals surface area contributed by atoms with Crippen molar-refractivity contribution in [1.29, 1.82) is 0 Å². The van der Waals surface area contributed by atoms with E-state index in [4.69, 9.17) is 9.72 Å². The molecule has 1 aromatic heterocycles. The molecule has 0 aliphatic heterocycles. The summed E-state index contributed by atoms with van der Waals surface area (Å²) in [4.78, 5) is 31.2. The lowest BCUT2D eigenvalue weighted by molar-refractivity contribution is 0.00675. The number of hydrogen-bond acceptors (Lipinski definition) is 5. The van der Waals surface area contributed by atoms with Crippen LogP contribution in [0.3, 0.4) is 0 Å². The smallest absolute Gasteiger partial charge is 0.339 e. The molecule has 0 bridgehead atoms. The SMILES string of the molecule is CNCCCC(NC(=O)c1ccccc1C(=O)OC(C)(C)C)c1nc2ccccc2n1C(C)C. The highest BCUT2D eigenvalue weighted by Gasteiger charge is 2.27. The third-order valence-corrected chi connectivity index (χ3v) is 5.47. The summed E-state index contributed by atoms with van der Waals surface area (Å²) in [6, 6.07) is 14.6. The highest BCUT2D eigenvalue weighted by atomic mass is 16.6. The van der Waals surface area contributed by atoms with E-state index in [-0.39, 0.29) is 23.6 Å². The van der Waals surface area contributed by atoms with E-state index in [0.29, 0.717) is 12.0 Å². The van der Waals surface area contributed by atoms with Gasteiger partial charge in [0.2, 0.25) is 0 Å². The summed E-state index contributed by atoms with van der Waals surface area (Å²) in [5.41, 5.74) is 1.82. The highest BCUT2D eigenvalue weighted by molar-refractivity contribution is 6.05.